The molecule has 0 aromatic heterocycles. The predicted molar refractivity (Wildman–Crippen MR) is 110 cm³/mol. The summed E-state index contributed by atoms with van der Waals surface area (Å²) in [6.45, 7) is -0.280. The lowest BCUT2D eigenvalue weighted by Crippen LogP contribution is -2.20. The highest BCUT2D eigenvalue weighted by molar-refractivity contribution is 9.11. The second kappa shape index (κ2) is 9.55. The van der Waals surface area contributed by atoms with E-state index in [2.05, 4.69) is 37.2 Å². The van der Waals surface area contributed by atoms with E-state index < -0.39 is 11.8 Å². The molecule has 0 atom stereocenters. The fourth-order valence-electron chi connectivity index (χ4n) is 2.02. The molecule has 0 aliphatic heterocycles. The van der Waals surface area contributed by atoms with Crippen LogP contribution in [0.4, 0.5) is 5.69 Å². The van der Waals surface area contributed by atoms with Crippen LogP contribution < -0.4 is 15.8 Å². The van der Waals surface area contributed by atoms with Gasteiger partial charge in [-0.15, -0.1) is 0 Å². The minimum atomic E-state index is -0.609. The molecule has 2 aromatic carbocycles. The van der Waals surface area contributed by atoms with Gasteiger partial charge in [0.15, 0.2) is 6.61 Å². The standard InChI is InChI=1S/C18H12Br2ClN3O3/c19-14-5-10(6-15(20)17(14)27-9-16(23)25)4-11(8-22)18(26)24-13-3-1-2-12(21)7-13/h1-7H,9H2,(H2,23,25)(H,24,26)/b11-4+. The van der Waals surface area contributed by atoms with Crippen LogP contribution in [0.25, 0.3) is 6.08 Å². The van der Waals surface area contributed by atoms with Gasteiger partial charge in [-0.05, 0) is 73.8 Å². The van der Waals surface area contributed by atoms with Crippen LogP contribution in [0.15, 0.2) is 50.9 Å². The number of nitriles is 1. The number of anilines is 1. The molecule has 3 N–H and O–H groups in total. The summed E-state index contributed by atoms with van der Waals surface area (Å²) in [4.78, 5) is 23.2. The topological polar surface area (TPSA) is 105 Å². The van der Waals surface area contributed by atoms with Crippen molar-refractivity contribution in [3.05, 3.63) is 61.5 Å². The highest BCUT2D eigenvalue weighted by Gasteiger charge is 2.13. The van der Waals surface area contributed by atoms with Crippen LogP contribution in [0.5, 0.6) is 5.75 Å². The van der Waals surface area contributed by atoms with E-state index in [9.17, 15) is 14.9 Å². The molecule has 0 radical (unpaired) electrons. The van der Waals surface area contributed by atoms with E-state index in [1.54, 1.807) is 36.4 Å². The van der Waals surface area contributed by atoms with Gasteiger partial charge in [-0.2, -0.15) is 5.26 Å². The molecule has 0 saturated carbocycles. The van der Waals surface area contributed by atoms with Crippen molar-refractivity contribution < 1.29 is 14.3 Å². The van der Waals surface area contributed by atoms with Crippen molar-refractivity contribution in [1.29, 1.82) is 5.26 Å². The number of benzene rings is 2. The number of primary amides is 1. The number of nitrogens with zero attached hydrogens (tertiary/aromatic N) is 1. The Morgan fingerprint density at radius 2 is 1.93 bits per heavy atom. The van der Waals surface area contributed by atoms with Gasteiger partial charge < -0.3 is 15.8 Å². The van der Waals surface area contributed by atoms with Gasteiger partial charge in [-0.1, -0.05) is 17.7 Å². The maximum atomic E-state index is 12.3. The molecule has 27 heavy (non-hydrogen) atoms. The summed E-state index contributed by atoms with van der Waals surface area (Å²) < 4.78 is 6.36. The van der Waals surface area contributed by atoms with Crippen molar-refractivity contribution in [3.8, 4) is 11.8 Å². The summed E-state index contributed by atoms with van der Waals surface area (Å²) in [5.41, 5.74) is 6.02. The van der Waals surface area contributed by atoms with Gasteiger partial charge in [0.1, 0.15) is 17.4 Å². The van der Waals surface area contributed by atoms with Gasteiger partial charge in [0, 0.05) is 10.7 Å². The molecule has 0 aliphatic carbocycles. The molecule has 0 saturated heterocycles. The van der Waals surface area contributed by atoms with E-state index in [4.69, 9.17) is 22.1 Å². The molecule has 2 rings (SSSR count). The van der Waals surface area contributed by atoms with Crippen molar-refractivity contribution in [2.45, 2.75) is 0 Å². The maximum Gasteiger partial charge on any atom is 0.266 e. The Balaban J connectivity index is 2.25. The molecule has 0 aliphatic rings. The lowest BCUT2D eigenvalue weighted by Gasteiger charge is -2.10. The minimum absolute atomic E-state index is 0.0976. The van der Waals surface area contributed by atoms with Gasteiger partial charge in [0.05, 0.1) is 8.95 Å². The zero-order valence-corrected chi connectivity index (χ0v) is 17.6. The molecule has 6 nitrogen and oxygen atoms in total. The summed E-state index contributed by atoms with van der Waals surface area (Å²) >= 11 is 12.5. The summed E-state index contributed by atoms with van der Waals surface area (Å²) in [6, 6.07) is 11.8. The quantitative estimate of drug-likeness (QED) is 0.444. The fraction of sp³-hybridized carbons (Fsp3) is 0.0556. The van der Waals surface area contributed by atoms with Crippen LogP contribution in [-0.2, 0) is 9.59 Å². The third-order valence-corrected chi connectivity index (χ3v) is 4.55. The first-order valence-electron chi connectivity index (χ1n) is 7.39. The summed E-state index contributed by atoms with van der Waals surface area (Å²) in [5, 5.41) is 12.4. The van der Waals surface area contributed by atoms with E-state index in [1.165, 1.54) is 6.08 Å². The summed E-state index contributed by atoms with van der Waals surface area (Å²) in [7, 11) is 0. The average Bonchev–Trinajstić information content (AvgIpc) is 2.58. The molecule has 138 valence electrons. The highest BCUT2D eigenvalue weighted by atomic mass is 79.9. The van der Waals surface area contributed by atoms with Gasteiger partial charge in [-0.25, -0.2) is 0 Å². The first-order chi connectivity index (χ1) is 12.8. The molecule has 0 fully saturated rings. The number of halogens is 3. The van der Waals surface area contributed by atoms with E-state index in [0.29, 0.717) is 31.0 Å². The van der Waals surface area contributed by atoms with Gasteiger partial charge in [-0.3, -0.25) is 9.59 Å². The number of hydrogen-bond acceptors (Lipinski definition) is 4. The first-order valence-corrected chi connectivity index (χ1v) is 9.35. The number of hydrogen-bond donors (Lipinski definition) is 2. The molecule has 2 aromatic rings. The van der Waals surface area contributed by atoms with E-state index in [1.807, 2.05) is 6.07 Å². The number of nitrogens with two attached hydrogens (primary N) is 1. The molecule has 0 heterocycles. The van der Waals surface area contributed by atoms with Gasteiger partial charge >= 0.3 is 0 Å². The van der Waals surface area contributed by atoms with Crippen molar-refractivity contribution in [2.24, 2.45) is 5.73 Å². The molecular formula is C18H12Br2ClN3O3. The minimum Gasteiger partial charge on any atom is -0.481 e. The fourth-order valence-corrected chi connectivity index (χ4v) is 3.67. The van der Waals surface area contributed by atoms with E-state index in [0.717, 1.165) is 0 Å². The molecular weight excluding hydrogens is 501 g/mol. The average molecular weight is 514 g/mol. The Kier molecular flexibility index (Phi) is 7.42. The summed E-state index contributed by atoms with van der Waals surface area (Å²) in [5.74, 6) is -0.795. The second-order valence-electron chi connectivity index (χ2n) is 5.20. The Morgan fingerprint density at radius 3 is 2.48 bits per heavy atom. The predicted octanol–water partition coefficient (Wildman–Crippen LogP) is 4.27. The van der Waals surface area contributed by atoms with Crippen LogP contribution in [0.2, 0.25) is 5.02 Å². The van der Waals surface area contributed by atoms with Crippen LogP contribution in [0, 0.1) is 11.3 Å². The SMILES string of the molecule is N#C/C(=C\c1cc(Br)c(OCC(N)=O)c(Br)c1)C(=O)Nc1cccc(Cl)c1. The van der Waals surface area contributed by atoms with Crippen molar-refractivity contribution >= 4 is 67.0 Å². The molecule has 9 heteroatoms. The zero-order valence-electron chi connectivity index (χ0n) is 13.6. The first kappa shape index (κ1) is 21.0. The molecule has 0 bridgehead atoms. The Morgan fingerprint density at radius 1 is 1.26 bits per heavy atom. The Bertz CT molecular complexity index is 948. The maximum absolute atomic E-state index is 12.3. The van der Waals surface area contributed by atoms with Crippen molar-refractivity contribution in [2.75, 3.05) is 11.9 Å². The number of rotatable bonds is 6. The largest absolute Gasteiger partial charge is 0.481 e. The normalized spacial score (nSPS) is 10.8. The molecule has 0 spiro atoms. The van der Waals surface area contributed by atoms with E-state index in [-0.39, 0.29) is 12.2 Å². The molecule has 2 amide bonds. The third kappa shape index (κ3) is 6.10. The number of ether oxygens (including phenoxy) is 1. The Hall–Kier alpha value is -2.34. The van der Waals surface area contributed by atoms with Crippen LogP contribution in [0.1, 0.15) is 5.56 Å². The van der Waals surface area contributed by atoms with E-state index >= 15 is 0 Å². The lowest BCUT2D eigenvalue weighted by atomic mass is 10.1. The third-order valence-electron chi connectivity index (χ3n) is 3.14. The van der Waals surface area contributed by atoms with Crippen molar-refractivity contribution in [1.82, 2.24) is 0 Å². The van der Waals surface area contributed by atoms with Gasteiger partial charge in [0.25, 0.3) is 11.8 Å². The summed E-state index contributed by atoms with van der Waals surface area (Å²) in [6.07, 6.45) is 1.42. The smallest absolute Gasteiger partial charge is 0.266 e. The number of carbonyl (C=O) groups excluding carboxylic acids is 2. The van der Waals surface area contributed by atoms with Crippen molar-refractivity contribution in [3.63, 3.8) is 0 Å². The lowest BCUT2D eigenvalue weighted by molar-refractivity contribution is -0.120. The number of nitrogens with one attached hydrogen (secondary N) is 1. The zero-order chi connectivity index (χ0) is 20.0. The monoisotopic (exact) mass is 511 g/mol. The molecule has 0 unspecified atom stereocenters. The van der Waals surface area contributed by atoms with Crippen LogP contribution in [-0.4, -0.2) is 18.4 Å². The van der Waals surface area contributed by atoms with Gasteiger partial charge in [0.2, 0.25) is 0 Å². The number of amides is 2. The van der Waals surface area contributed by atoms with Crippen LogP contribution in [0.3, 0.4) is 0 Å². The second-order valence-corrected chi connectivity index (χ2v) is 7.35. The Labute approximate surface area is 177 Å². The number of carbonyl (C=O) groups is 2. The highest BCUT2D eigenvalue weighted by Crippen LogP contribution is 2.35. The van der Waals surface area contributed by atoms with Crippen LogP contribution >= 0.6 is 43.5 Å².